The van der Waals surface area contributed by atoms with Gasteiger partial charge in [-0.2, -0.15) is 26.3 Å². The molecule has 0 aromatic heterocycles. The van der Waals surface area contributed by atoms with Crippen LogP contribution in [-0.4, -0.2) is 43.8 Å². The van der Waals surface area contributed by atoms with E-state index in [1.165, 1.54) is 0 Å². The van der Waals surface area contributed by atoms with Crippen LogP contribution in [0.2, 0.25) is 0 Å². The monoisotopic (exact) mass is 820 g/mol. The lowest BCUT2D eigenvalue weighted by molar-refractivity contribution is -0.692. The minimum atomic E-state index is -6.09. The van der Waals surface area contributed by atoms with Gasteiger partial charge in [0.05, 0.1) is 0 Å². The topological polar surface area (TPSA) is 114 Å². The van der Waals surface area contributed by atoms with Crippen LogP contribution >= 0.6 is 0 Å². The zero-order valence-corrected chi connectivity index (χ0v) is 27.0. The second-order valence-electron chi connectivity index (χ2n) is 8.71. The first-order valence-corrected chi connectivity index (χ1v) is 17.3. The Morgan fingerprint density at radius 2 is 0.711 bits per heavy atom. The molecular weight excluding hydrogens is 792 g/mol. The molecule has 0 unspecified atom stereocenters. The fourth-order valence-electron chi connectivity index (χ4n) is 1.61. The summed E-state index contributed by atoms with van der Waals surface area (Å²) in [5, 5.41) is 0. The van der Waals surface area contributed by atoms with Crippen LogP contribution < -0.4 is 42.4 Å². The van der Waals surface area contributed by atoms with Crippen molar-refractivity contribution >= 4 is 20.2 Å². The van der Waals surface area contributed by atoms with Gasteiger partial charge >= 0.3 is 53.4 Å². The van der Waals surface area contributed by atoms with Crippen molar-refractivity contribution in [3.05, 3.63) is 67.8 Å². The van der Waals surface area contributed by atoms with Gasteiger partial charge in [-0.3, -0.25) is 0 Å². The van der Waals surface area contributed by atoms with Gasteiger partial charge in [-0.15, -0.1) is 0 Å². The van der Waals surface area contributed by atoms with E-state index in [0.29, 0.717) is 6.84 Å². The maximum absolute atomic E-state index is 10.7. The standard InChI is InChI=1S/2C10H14I.2CHF3O3S/c2*1-10(2,3)11-9-7-5-4-6-8-9;2*2-1(3,4)8(5,6)7/h2*4-8H,1-3H3;2*(H,5,6,7)/q2*+1;;/p-2. The molecule has 0 spiro atoms. The second-order valence-corrected chi connectivity index (χ2v) is 21.5. The van der Waals surface area contributed by atoms with Gasteiger partial charge in [-0.05, 0) is 65.8 Å². The summed E-state index contributed by atoms with van der Waals surface area (Å²) < 4.78 is 122. The van der Waals surface area contributed by atoms with Crippen LogP contribution in [0, 0.1) is 7.14 Å². The fraction of sp³-hybridized carbons (Fsp3) is 0.455. The quantitative estimate of drug-likeness (QED) is 0.134. The van der Waals surface area contributed by atoms with Crippen molar-refractivity contribution < 1.29 is 94.7 Å². The van der Waals surface area contributed by atoms with E-state index in [1.54, 1.807) is 7.14 Å². The van der Waals surface area contributed by atoms with Gasteiger partial charge in [0.2, 0.25) is 0 Å². The predicted molar refractivity (Wildman–Crippen MR) is 121 cm³/mol. The Bertz CT molecular complexity index is 1050. The number of rotatable bonds is 2. The Balaban J connectivity index is 0. The summed E-state index contributed by atoms with van der Waals surface area (Å²) in [5.74, 6) is 0. The number of hydrogen-bond donors (Lipinski definition) is 0. The summed E-state index contributed by atoms with van der Waals surface area (Å²) >= 11 is 0.367. The van der Waals surface area contributed by atoms with Crippen molar-refractivity contribution in [1.29, 1.82) is 0 Å². The maximum Gasteiger partial charge on any atom is 0.485 e. The first-order valence-electron chi connectivity index (χ1n) is 10.1. The van der Waals surface area contributed by atoms with Crippen LogP contribution in [0.3, 0.4) is 0 Å². The first-order chi connectivity index (χ1) is 16.7. The van der Waals surface area contributed by atoms with Crippen LogP contribution in [0.15, 0.2) is 60.7 Å². The van der Waals surface area contributed by atoms with Crippen LogP contribution in [0.4, 0.5) is 26.3 Å². The summed E-state index contributed by atoms with van der Waals surface area (Å²) in [6, 6.07) is 21.6. The Kier molecular flexibility index (Phi) is 16.5. The molecule has 0 aliphatic rings. The molecule has 0 saturated heterocycles. The third-order valence-electron chi connectivity index (χ3n) is 2.82. The highest BCUT2D eigenvalue weighted by Gasteiger charge is 2.37. The zero-order chi connectivity index (χ0) is 30.6. The molecule has 38 heavy (non-hydrogen) atoms. The number of benzene rings is 2. The van der Waals surface area contributed by atoms with E-state index in [2.05, 4.69) is 102 Å². The second kappa shape index (κ2) is 15.9. The summed E-state index contributed by atoms with van der Waals surface area (Å²) in [4.78, 5) is 0. The summed E-state index contributed by atoms with van der Waals surface area (Å²) in [6.07, 6.45) is 0. The van der Waals surface area contributed by atoms with E-state index in [9.17, 15) is 26.3 Å². The number of halogens is 8. The third-order valence-corrected chi connectivity index (χ3v) is 9.87. The molecule has 0 saturated carbocycles. The SMILES string of the molecule is CC(C)(C)[I+]c1ccccc1.CC(C)(C)[I+]c1ccccc1.O=S(=O)([O-])C(F)(F)F.O=S(=O)([O-])C(F)(F)F. The molecule has 220 valence electrons. The van der Waals surface area contributed by atoms with E-state index in [4.69, 9.17) is 25.9 Å². The molecular formula is C22H28F6I2O6S2. The normalized spacial score (nSPS) is 12.6. The van der Waals surface area contributed by atoms with Crippen molar-refractivity contribution in [2.45, 2.75) is 59.4 Å². The lowest BCUT2D eigenvalue weighted by Gasteiger charge is -2.08. The predicted octanol–water partition coefficient (Wildman–Crippen LogP) is -0.410. The molecule has 2 rings (SSSR count). The van der Waals surface area contributed by atoms with Crippen LogP contribution in [0.5, 0.6) is 0 Å². The first kappa shape index (κ1) is 39.4. The molecule has 0 aliphatic carbocycles. The van der Waals surface area contributed by atoms with Crippen LogP contribution in [0.1, 0.15) is 41.5 Å². The molecule has 0 aliphatic heterocycles. The lowest BCUT2D eigenvalue weighted by atomic mass is 10.3. The summed E-state index contributed by atoms with van der Waals surface area (Å²) in [6.45, 7) is 13.9. The molecule has 0 radical (unpaired) electrons. The van der Waals surface area contributed by atoms with Gasteiger partial charge in [0, 0.05) is 0 Å². The van der Waals surface area contributed by atoms with E-state index < -0.39 is 31.3 Å². The van der Waals surface area contributed by atoms with E-state index in [-0.39, 0.29) is 42.4 Å². The molecule has 0 atom stereocenters. The lowest BCUT2D eigenvalue weighted by Crippen LogP contribution is -3.67. The Morgan fingerprint density at radius 1 is 0.526 bits per heavy atom. The average Bonchev–Trinajstić information content (AvgIpc) is 2.65. The van der Waals surface area contributed by atoms with Crippen molar-refractivity contribution in [3.63, 3.8) is 0 Å². The highest BCUT2D eigenvalue weighted by atomic mass is 127. The minimum Gasteiger partial charge on any atom is -0.741 e. The van der Waals surface area contributed by atoms with Gasteiger partial charge < -0.3 is 9.11 Å². The highest BCUT2D eigenvalue weighted by molar-refractivity contribution is 7.86. The zero-order valence-electron chi connectivity index (χ0n) is 21.1. The van der Waals surface area contributed by atoms with Crippen molar-refractivity contribution in [2.24, 2.45) is 0 Å². The third kappa shape index (κ3) is 22.2. The van der Waals surface area contributed by atoms with Crippen molar-refractivity contribution in [2.75, 3.05) is 0 Å². The molecule has 2 aromatic rings. The van der Waals surface area contributed by atoms with E-state index in [0.717, 1.165) is 0 Å². The number of alkyl halides is 8. The van der Waals surface area contributed by atoms with Crippen LogP contribution in [-0.2, 0) is 20.2 Å². The van der Waals surface area contributed by atoms with Crippen molar-refractivity contribution in [1.82, 2.24) is 0 Å². The molecule has 16 heteroatoms. The molecule has 0 fully saturated rings. The average molecular weight is 820 g/mol. The largest absolute Gasteiger partial charge is 0.741 e. The van der Waals surface area contributed by atoms with Gasteiger partial charge in [-0.1, -0.05) is 36.4 Å². The van der Waals surface area contributed by atoms with E-state index >= 15 is 0 Å². The van der Waals surface area contributed by atoms with Crippen molar-refractivity contribution in [3.8, 4) is 0 Å². The Hall–Kier alpha value is -0.700. The summed E-state index contributed by atoms with van der Waals surface area (Å²) in [7, 11) is -12.2. The number of hydrogen-bond acceptors (Lipinski definition) is 6. The summed E-state index contributed by atoms with van der Waals surface area (Å²) in [5.41, 5.74) is -11.3. The van der Waals surface area contributed by atoms with Gasteiger partial charge in [0.1, 0.15) is 0 Å². The molecule has 0 bridgehead atoms. The fourth-order valence-corrected chi connectivity index (χ4v) is 6.90. The van der Waals surface area contributed by atoms with Gasteiger partial charge in [0.15, 0.2) is 34.2 Å². The molecule has 0 heterocycles. The van der Waals surface area contributed by atoms with Crippen LogP contribution in [0.25, 0.3) is 0 Å². The minimum absolute atomic E-state index is 0.184. The maximum atomic E-state index is 10.7. The molecule has 6 nitrogen and oxygen atoms in total. The Morgan fingerprint density at radius 3 is 0.842 bits per heavy atom. The smallest absolute Gasteiger partial charge is 0.485 e. The molecule has 2 aromatic carbocycles. The van der Waals surface area contributed by atoms with Gasteiger partial charge in [-0.25, -0.2) is 16.8 Å². The van der Waals surface area contributed by atoms with Gasteiger partial charge in [0.25, 0.3) is 0 Å². The highest BCUT2D eigenvalue weighted by Crippen LogP contribution is 2.21. The molecule has 0 N–H and O–H groups in total. The Labute approximate surface area is 240 Å². The molecule has 0 amide bonds. The van der Waals surface area contributed by atoms with E-state index in [1.807, 2.05) is 0 Å².